The topological polar surface area (TPSA) is 72.5 Å². The molecule has 2 fully saturated rings. The van der Waals surface area contributed by atoms with Gasteiger partial charge < -0.3 is 19.3 Å². The van der Waals surface area contributed by atoms with Crippen molar-refractivity contribution < 1.29 is 9.47 Å². The number of nitrogens with zero attached hydrogens (tertiary/aromatic N) is 4. The third kappa shape index (κ3) is 3.51. The molecule has 6 heteroatoms. The minimum absolute atomic E-state index is 0.140. The van der Waals surface area contributed by atoms with Gasteiger partial charge in [0.05, 0.1) is 26.4 Å². The molecule has 0 bridgehead atoms. The van der Waals surface area contributed by atoms with E-state index in [2.05, 4.69) is 9.80 Å². The van der Waals surface area contributed by atoms with Gasteiger partial charge in [0.15, 0.2) is 0 Å². The fraction of sp³-hybridized carbons (Fsp3) is 0.444. The van der Waals surface area contributed by atoms with Gasteiger partial charge in [-0.3, -0.25) is 0 Å². The molecule has 2 saturated heterocycles. The second kappa shape index (κ2) is 7.83. The first-order chi connectivity index (χ1) is 11.8. The van der Waals surface area contributed by atoms with Gasteiger partial charge >= 0.3 is 0 Å². The summed E-state index contributed by atoms with van der Waals surface area (Å²) in [6.45, 7) is 6.37. The van der Waals surface area contributed by atoms with E-state index in [4.69, 9.17) is 20.0 Å². The lowest BCUT2D eigenvalue weighted by Crippen LogP contribution is -2.47. The molecule has 0 radical (unpaired) electrons. The van der Waals surface area contributed by atoms with E-state index in [9.17, 15) is 0 Å². The lowest BCUT2D eigenvalue weighted by molar-refractivity contribution is 0.0308. The standard InChI is InChI=1S/C18H20N4O2/c19-13-17(14-20)15-1-3-16(4-2-15)18(21-5-9-23-10-6-21)22-7-11-24-12-8-22/h1-4H,5-12H2. The molecule has 1 aromatic rings. The van der Waals surface area contributed by atoms with E-state index < -0.39 is 0 Å². The van der Waals surface area contributed by atoms with Crippen molar-refractivity contribution in [3.8, 4) is 12.1 Å². The van der Waals surface area contributed by atoms with Crippen LogP contribution in [0.5, 0.6) is 0 Å². The van der Waals surface area contributed by atoms with Crippen molar-refractivity contribution >= 4 is 11.4 Å². The minimum atomic E-state index is 0.140. The van der Waals surface area contributed by atoms with Gasteiger partial charge in [0.1, 0.15) is 23.5 Å². The van der Waals surface area contributed by atoms with Gasteiger partial charge in [0, 0.05) is 36.6 Å². The number of hydrogen-bond donors (Lipinski definition) is 0. The van der Waals surface area contributed by atoms with E-state index in [1.165, 1.54) is 5.82 Å². The molecule has 0 N–H and O–H groups in total. The molecular weight excluding hydrogens is 304 g/mol. The van der Waals surface area contributed by atoms with E-state index in [-0.39, 0.29) is 5.57 Å². The molecular formula is C18H20N4O2. The number of nitriles is 2. The average molecular weight is 324 g/mol. The lowest BCUT2D eigenvalue weighted by Gasteiger charge is -2.39. The van der Waals surface area contributed by atoms with Crippen molar-refractivity contribution in [1.29, 1.82) is 10.5 Å². The first-order valence-electron chi connectivity index (χ1n) is 8.14. The van der Waals surface area contributed by atoms with Crippen LogP contribution in [-0.4, -0.2) is 62.4 Å². The highest BCUT2D eigenvalue weighted by Gasteiger charge is 2.21. The van der Waals surface area contributed by atoms with Gasteiger partial charge in [0.25, 0.3) is 0 Å². The average Bonchev–Trinajstić information content (AvgIpc) is 2.66. The van der Waals surface area contributed by atoms with Crippen LogP contribution in [0, 0.1) is 22.7 Å². The number of rotatable bonds is 2. The summed E-state index contributed by atoms with van der Waals surface area (Å²) in [5.74, 6) is 1.18. The zero-order chi connectivity index (χ0) is 16.8. The largest absolute Gasteiger partial charge is 0.378 e. The van der Waals surface area contributed by atoms with Crippen LogP contribution in [0.2, 0.25) is 0 Å². The molecule has 24 heavy (non-hydrogen) atoms. The molecule has 1 aromatic carbocycles. The van der Waals surface area contributed by atoms with Crippen LogP contribution in [-0.2, 0) is 9.47 Å². The number of ether oxygens (including phenoxy) is 2. The van der Waals surface area contributed by atoms with E-state index >= 15 is 0 Å². The van der Waals surface area contributed by atoms with E-state index in [1.807, 2.05) is 36.4 Å². The van der Waals surface area contributed by atoms with Crippen LogP contribution < -0.4 is 10.4 Å². The van der Waals surface area contributed by atoms with Crippen LogP contribution in [0.4, 0.5) is 0 Å². The molecule has 0 unspecified atom stereocenters. The van der Waals surface area contributed by atoms with Crippen molar-refractivity contribution in [2.24, 2.45) is 0 Å². The molecule has 3 rings (SSSR count). The Balaban J connectivity index is 2.06. The Morgan fingerprint density at radius 3 is 1.58 bits per heavy atom. The quantitative estimate of drug-likeness (QED) is 0.738. The maximum absolute atomic E-state index is 9.01. The predicted molar refractivity (Wildman–Crippen MR) is 88.5 cm³/mol. The number of morpholine rings is 2. The Bertz CT molecular complexity index is 719. The maximum Gasteiger partial charge on any atom is 0.136 e. The number of hydrogen-bond acceptors (Lipinski definition) is 6. The maximum atomic E-state index is 9.01. The summed E-state index contributed by atoms with van der Waals surface area (Å²) in [5, 5.41) is 19.8. The van der Waals surface area contributed by atoms with E-state index in [1.54, 1.807) is 0 Å². The van der Waals surface area contributed by atoms with Crippen LogP contribution in [0.25, 0.3) is 11.4 Å². The summed E-state index contributed by atoms with van der Waals surface area (Å²) in [4.78, 5) is 4.70. The van der Waals surface area contributed by atoms with Crippen molar-refractivity contribution in [3.05, 3.63) is 34.7 Å². The Hall–Kier alpha value is -2.54. The van der Waals surface area contributed by atoms with Crippen molar-refractivity contribution in [2.45, 2.75) is 0 Å². The van der Waals surface area contributed by atoms with Crippen LogP contribution in [0.15, 0.2) is 24.3 Å². The first-order valence-corrected chi connectivity index (χ1v) is 8.14. The summed E-state index contributed by atoms with van der Waals surface area (Å²) in [6, 6.07) is 11.5. The molecule has 124 valence electrons. The highest BCUT2D eigenvalue weighted by atomic mass is 16.5. The lowest BCUT2D eigenvalue weighted by atomic mass is 10.1. The van der Waals surface area contributed by atoms with Gasteiger partial charge in [0.2, 0.25) is 0 Å². The monoisotopic (exact) mass is 324 g/mol. The van der Waals surface area contributed by atoms with Gasteiger partial charge in [-0.1, -0.05) is 24.3 Å². The highest BCUT2D eigenvalue weighted by molar-refractivity contribution is 5.72. The molecule has 2 heterocycles. The fourth-order valence-corrected chi connectivity index (χ4v) is 3.06. The van der Waals surface area contributed by atoms with Crippen molar-refractivity contribution in [2.75, 3.05) is 52.6 Å². The zero-order valence-corrected chi connectivity index (χ0v) is 13.6. The van der Waals surface area contributed by atoms with Gasteiger partial charge in [-0.15, -0.1) is 0 Å². The highest BCUT2D eigenvalue weighted by Crippen LogP contribution is 2.14. The van der Waals surface area contributed by atoms with Crippen LogP contribution in [0.1, 0.15) is 0 Å². The molecule has 6 nitrogen and oxygen atoms in total. The number of benzene rings is 1. The Labute approximate surface area is 141 Å². The molecule has 0 saturated carbocycles. The van der Waals surface area contributed by atoms with E-state index in [0.29, 0.717) is 5.22 Å². The summed E-state index contributed by atoms with van der Waals surface area (Å²) >= 11 is 0. The van der Waals surface area contributed by atoms with Crippen LogP contribution >= 0.6 is 0 Å². The second-order valence-electron chi connectivity index (χ2n) is 5.70. The molecule has 0 spiro atoms. The molecule has 2 aliphatic rings. The van der Waals surface area contributed by atoms with Crippen molar-refractivity contribution in [1.82, 2.24) is 9.80 Å². The molecule has 2 aliphatic heterocycles. The Morgan fingerprint density at radius 2 is 1.17 bits per heavy atom. The SMILES string of the molecule is N#CC(C#N)=c1ccc(=C(N2CCOCC2)N2CCOCC2)cc1. The summed E-state index contributed by atoms with van der Waals surface area (Å²) in [6.07, 6.45) is 0. The van der Waals surface area contributed by atoms with Crippen LogP contribution in [0.3, 0.4) is 0 Å². The van der Waals surface area contributed by atoms with Crippen molar-refractivity contribution in [3.63, 3.8) is 0 Å². The second-order valence-corrected chi connectivity index (χ2v) is 5.70. The normalized spacial score (nSPS) is 17.8. The first kappa shape index (κ1) is 16.3. The Morgan fingerprint density at radius 1 is 0.750 bits per heavy atom. The smallest absolute Gasteiger partial charge is 0.136 e. The third-order valence-electron chi connectivity index (χ3n) is 4.28. The summed E-state index contributed by atoms with van der Waals surface area (Å²) in [7, 11) is 0. The molecule has 0 aromatic heterocycles. The Kier molecular flexibility index (Phi) is 5.32. The molecule has 0 atom stereocenters. The summed E-state index contributed by atoms with van der Waals surface area (Å²) < 4.78 is 11.0. The summed E-state index contributed by atoms with van der Waals surface area (Å²) in [5.41, 5.74) is 0.140. The van der Waals surface area contributed by atoms with E-state index in [0.717, 1.165) is 57.8 Å². The molecule has 0 aliphatic carbocycles. The van der Waals surface area contributed by atoms with Gasteiger partial charge in [-0.05, 0) is 0 Å². The van der Waals surface area contributed by atoms with Gasteiger partial charge in [-0.25, -0.2) is 0 Å². The predicted octanol–water partition coefficient (Wildman–Crippen LogP) is -0.385. The fourth-order valence-electron chi connectivity index (χ4n) is 3.06. The third-order valence-corrected chi connectivity index (χ3v) is 4.28. The molecule has 0 amide bonds. The minimum Gasteiger partial charge on any atom is -0.378 e. The van der Waals surface area contributed by atoms with Gasteiger partial charge in [-0.2, -0.15) is 10.5 Å². The zero-order valence-electron chi connectivity index (χ0n) is 13.6.